The lowest BCUT2D eigenvalue weighted by Crippen LogP contribution is -2.16. The second-order valence-electron chi connectivity index (χ2n) is 5.07. The second kappa shape index (κ2) is 4.90. The van der Waals surface area contributed by atoms with Gasteiger partial charge in [0.25, 0.3) is 0 Å². The van der Waals surface area contributed by atoms with Gasteiger partial charge < -0.3 is 5.32 Å². The number of aryl methyl sites for hydroxylation is 1. The molecule has 0 spiro atoms. The Balaban J connectivity index is 1.64. The number of rotatable bonds is 5. The van der Waals surface area contributed by atoms with Gasteiger partial charge in [-0.3, -0.25) is 0 Å². The summed E-state index contributed by atoms with van der Waals surface area (Å²) in [4.78, 5) is 0. The summed E-state index contributed by atoms with van der Waals surface area (Å²) in [5.74, 6) is 0.900. The first kappa shape index (κ1) is 11.4. The van der Waals surface area contributed by atoms with Gasteiger partial charge in [0, 0.05) is 6.54 Å². The predicted octanol–water partition coefficient (Wildman–Crippen LogP) is 2.08. The van der Waals surface area contributed by atoms with Crippen molar-refractivity contribution in [1.29, 1.82) is 0 Å². The number of nitrogens with one attached hydrogen (secondary N) is 1. The van der Waals surface area contributed by atoms with Crippen molar-refractivity contribution < 1.29 is 0 Å². The maximum absolute atomic E-state index is 4.19. The van der Waals surface area contributed by atoms with Gasteiger partial charge in [-0.25, -0.2) is 4.68 Å². The molecule has 0 amide bonds. The lowest BCUT2D eigenvalue weighted by molar-refractivity contribution is 0.628. The summed E-state index contributed by atoms with van der Waals surface area (Å²) in [5, 5.41) is 11.8. The predicted molar refractivity (Wildman–Crippen MR) is 70.5 cm³/mol. The van der Waals surface area contributed by atoms with E-state index in [0.29, 0.717) is 0 Å². The van der Waals surface area contributed by atoms with Crippen molar-refractivity contribution in [3.05, 3.63) is 41.7 Å². The van der Waals surface area contributed by atoms with E-state index in [4.69, 9.17) is 0 Å². The van der Waals surface area contributed by atoms with Crippen LogP contribution < -0.4 is 5.32 Å². The number of hydrogen-bond acceptors (Lipinski definition) is 3. The van der Waals surface area contributed by atoms with E-state index in [9.17, 15) is 0 Å². The fourth-order valence-corrected chi connectivity index (χ4v) is 2.00. The summed E-state index contributed by atoms with van der Waals surface area (Å²) in [6, 6.07) is 8.27. The molecule has 4 heteroatoms. The van der Waals surface area contributed by atoms with Gasteiger partial charge in [-0.1, -0.05) is 17.3 Å². The van der Waals surface area contributed by atoms with Gasteiger partial charge in [0.15, 0.2) is 0 Å². The third-order valence-electron chi connectivity index (χ3n) is 3.24. The molecular weight excluding hydrogens is 224 g/mol. The minimum absolute atomic E-state index is 0.808. The molecule has 0 radical (unpaired) electrons. The van der Waals surface area contributed by atoms with Gasteiger partial charge in [-0.2, -0.15) is 0 Å². The molecule has 1 heterocycles. The summed E-state index contributed by atoms with van der Waals surface area (Å²) in [6.07, 6.45) is 4.75. The smallest absolute Gasteiger partial charge is 0.0969 e. The summed E-state index contributed by atoms with van der Waals surface area (Å²) < 4.78 is 1.83. The molecule has 3 rings (SSSR count). The quantitative estimate of drug-likeness (QED) is 0.873. The van der Waals surface area contributed by atoms with Crippen molar-refractivity contribution in [2.24, 2.45) is 5.92 Å². The number of benzene rings is 1. The molecule has 0 saturated heterocycles. The highest BCUT2D eigenvalue weighted by Crippen LogP contribution is 2.27. The van der Waals surface area contributed by atoms with Gasteiger partial charge in [-0.15, -0.1) is 5.10 Å². The number of hydrogen-bond donors (Lipinski definition) is 1. The highest BCUT2D eigenvalue weighted by atomic mass is 15.4. The number of aromatic nitrogens is 3. The van der Waals surface area contributed by atoms with Crippen LogP contribution in [0.3, 0.4) is 0 Å². The standard InChI is InChI=1S/C14H18N4/c1-11-3-2-4-14(7-11)18-10-13(16-17-18)9-15-8-12-5-6-12/h2-4,7,10,12,15H,5-6,8-9H2,1H3. The summed E-state index contributed by atoms with van der Waals surface area (Å²) in [6.45, 7) is 4.00. The monoisotopic (exact) mass is 242 g/mol. The lowest BCUT2D eigenvalue weighted by atomic mass is 10.2. The van der Waals surface area contributed by atoms with Crippen molar-refractivity contribution >= 4 is 0 Å². The molecule has 0 atom stereocenters. The van der Waals surface area contributed by atoms with Gasteiger partial charge >= 0.3 is 0 Å². The third-order valence-corrected chi connectivity index (χ3v) is 3.24. The van der Waals surface area contributed by atoms with E-state index in [0.717, 1.165) is 30.4 Å². The van der Waals surface area contributed by atoms with Gasteiger partial charge in [0.05, 0.1) is 17.6 Å². The molecule has 1 aromatic heterocycles. The Morgan fingerprint density at radius 1 is 1.39 bits per heavy atom. The molecule has 1 N–H and O–H groups in total. The molecule has 94 valence electrons. The average Bonchev–Trinajstić information content (AvgIpc) is 3.06. The zero-order valence-corrected chi connectivity index (χ0v) is 10.6. The van der Waals surface area contributed by atoms with Crippen LogP contribution in [0.2, 0.25) is 0 Å². The molecule has 0 aliphatic heterocycles. The summed E-state index contributed by atoms with van der Waals surface area (Å²) in [5.41, 5.74) is 3.30. The Kier molecular flexibility index (Phi) is 3.11. The van der Waals surface area contributed by atoms with Gasteiger partial charge in [-0.05, 0) is 49.9 Å². The summed E-state index contributed by atoms with van der Waals surface area (Å²) in [7, 11) is 0. The zero-order valence-electron chi connectivity index (χ0n) is 10.6. The van der Waals surface area contributed by atoms with Crippen molar-refractivity contribution in [2.45, 2.75) is 26.3 Å². The van der Waals surface area contributed by atoms with Crippen molar-refractivity contribution in [3.8, 4) is 5.69 Å². The first-order valence-corrected chi connectivity index (χ1v) is 6.50. The van der Waals surface area contributed by atoms with Crippen LogP contribution in [-0.4, -0.2) is 21.5 Å². The first-order chi connectivity index (χ1) is 8.81. The minimum Gasteiger partial charge on any atom is -0.311 e. The van der Waals surface area contributed by atoms with Crippen LogP contribution in [0, 0.1) is 12.8 Å². The van der Waals surface area contributed by atoms with Crippen LogP contribution in [0.25, 0.3) is 5.69 Å². The second-order valence-corrected chi connectivity index (χ2v) is 5.07. The fraction of sp³-hybridized carbons (Fsp3) is 0.429. The van der Waals surface area contributed by atoms with E-state index in [-0.39, 0.29) is 0 Å². The molecular formula is C14H18N4. The van der Waals surface area contributed by atoms with Gasteiger partial charge in [0.2, 0.25) is 0 Å². The van der Waals surface area contributed by atoms with Crippen LogP contribution in [0.15, 0.2) is 30.5 Å². The SMILES string of the molecule is Cc1cccc(-n2cc(CNCC3CC3)nn2)c1. The van der Waals surface area contributed by atoms with E-state index >= 15 is 0 Å². The van der Waals surface area contributed by atoms with Crippen molar-refractivity contribution in [3.63, 3.8) is 0 Å². The Labute approximate surface area is 107 Å². The topological polar surface area (TPSA) is 42.7 Å². The van der Waals surface area contributed by atoms with Crippen LogP contribution >= 0.6 is 0 Å². The van der Waals surface area contributed by atoms with E-state index in [1.165, 1.54) is 18.4 Å². The Hall–Kier alpha value is -1.68. The molecule has 0 bridgehead atoms. The van der Waals surface area contributed by atoms with Crippen LogP contribution in [0.5, 0.6) is 0 Å². The Bertz CT molecular complexity index is 528. The Morgan fingerprint density at radius 3 is 3.06 bits per heavy atom. The lowest BCUT2D eigenvalue weighted by Gasteiger charge is -2.01. The van der Waals surface area contributed by atoms with E-state index in [2.05, 4.69) is 34.7 Å². The minimum atomic E-state index is 0.808. The van der Waals surface area contributed by atoms with Crippen LogP contribution in [0.4, 0.5) is 0 Å². The van der Waals surface area contributed by atoms with Crippen molar-refractivity contribution in [1.82, 2.24) is 20.3 Å². The number of nitrogens with zero attached hydrogens (tertiary/aromatic N) is 3. The van der Waals surface area contributed by atoms with E-state index in [1.54, 1.807) is 0 Å². The average molecular weight is 242 g/mol. The third kappa shape index (κ3) is 2.76. The molecule has 1 aromatic carbocycles. The molecule has 1 fully saturated rings. The molecule has 2 aromatic rings. The molecule has 18 heavy (non-hydrogen) atoms. The largest absolute Gasteiger partial charge is 0.311 e. The highest BCUT2D eigenvalue weighted by molar-refractivity contribution is 5.34. The van der Waals surface area contributed by atoms with E-state index < -0.39 is 0 Å². The maximum atomic E-state index is 4.19. The van der Waals surface area contributed by atoms with Gasteiger partial charge in [0.1, 0.15) is 0 Å². The fourth-order valence-electron chi connectivity index (χ4n) is 2.00. The zero-order chi connectivity index (χ0) is 12.4. The highest BCUT2D eigenvalue weighted by Gasteiger charge is 2.20. The van der Waals surface area contributed by atoms with E-state index in [1.807, 2.05) is 23.0 Å². The molecule has 1 aliphatic carbocycles. The van der Waals surface area contributed by atoms with Crippen LogP contribution in [0.1, 0.15) is 24.1 Å². The van der Waals surface area contributed by atoms with Crippen LogP contribution in [-0.2, 0) is 6.54 Å². The molecule has 0 unspecified atom stereocenters. The summed E-state index contributed by atoms with van der Waals surface area (Å²) >= 11 is 0. The molecule has 4 nitrogen and oxygen atoms in total. The Morgan fingerprint density at radius 2 is 2.28 bits per heavy atom. The maximum Gasteiger partial charge on any atom is 0.0969 e. The molecule has 1 saturated carbocycles. The molecule has 1 aliphatic rings. The first-order valence-electron chi connectivity index (χ1n) is 6.50. The normalized spacial score (nSPS) is 14.9. The van der Waals surface area contributed by atoms with Crippen molar-refractivity contribution in [2.75, 3.05) is 6.54 Å².